The molecular weight excluding hydrogens is 284 g/mol. The zero-order valence-electron chi connectivity index (χ0n) is 13.0. The highest BCUT2D eigenvalue weighted by Crippen LogP contribution is 2.38. The first-order chi connectivity index (χ1) is 10.1. The first-order valence-electron chi connectivity index (χ1n) is 8.13. The van der Waals surface area contributed by atoms with Crippen LogP contribution in [0.25, 0.3) is 0 Å². The summed E-state index contributed by atoms with van der Waals surface area (Å²) in [5.41, 5.74) is 0. The lowest BCUT2D eigenvalue weighted by molar-refractivity contribution is 0.198. The number of nitrogens with one attached hydrogen (secondary N) is 1. The normalized spacial score (nSPS) is 21.0. The highest BCUT2D eigenvalue weighted by Gasteiger charge is 2.27. The third kappa shape index (κ3) is 4.30. The van der Waals surface area contributed by atoms with E-state index in [1.54, 1.807) is 0 Å². The number of halogens is 1. The van der Waals surface area contributed by atoms with E-state index < -0.39 is 0 Å². The van der Waals surface area contributed by atoms with Crippen LogP contribution < -0.4 is 5.32 Å². The number of rotatable bonds is 5. The maximum atomic E-state index is 6.12. The van der Waals surface area contributed by atoms with Crippen LogP contribution in [0.5, 0.6) is 0 Å². The predicted octanol–water partition coefficient (Wildman–Crippen LogP) is 3.54. The molecule has 0 bridgehead atoms. The first kappa shape index (κ1) is 15.0. The fourth-order valence-corrected chi connectivity index (χ4v) is 3.21. The molecule has 4 nitrogen and oxygen atoms in total. The summed E-state index contributed by atoms with van der Waals surface area (Å²) in [6.45, 7) is 8.12. The Morgan fingerprint density at radius 1 is 1.24 bits per heavy atom. The lowest BCUT2D eigenvalue weighted by Gasteiger charge is -2.33. The fraction of sp³-hybridized carbons (Fsp3) is 0.750. The summed E-state index contributed by atoms with van der Waals surface area (Å²) in [4.78, 5) is 11.5. The Morgan fingerprint density at radius 3 is 2.57 bits per heavy atom. The zero-order valence-corrected chi connectivity index (χ0v) is 13.7. The van der Waals surface area contributed by atoms with Crippen LogP contribution in [0.1, 0.15) is 51.3 Å². The molecule has 116 valence electrons. The fourth-order valence-electron chi connectivity index (χ4n) is 3.02. The molecule has 0 amide bonds. The van der Waals surface area contributed by atoms with Crippen LogP contribution in [-0.2, 0) is 0 Å². The topological polar surface area (TPSA) is 41.0 Å². The quantitative estimate of drug-likeness (QED) is 0.845. The average Bonchev–Trinajstić information content (AvgIpc) is 3.24. The molecule has 3 rings (SSSR count). The van der Waals surface area contributed by atoms with Gasteiger partial charge in [0.15, 0.2) is 0 Å². The molecule has 0 atom stereocenters. The van der Waals surface area contributed by atoms with Crippen molar-refractivity contribution in [2.45, 2.75) is 51.5 Å². The third-order valence-corrected chi connectivity index (χ3v) is 4.41. The van der Waals surface area contributed by atoms with Gasteiger partial charge in [-0.25, -0.2) is 9.97 Å². The minimum atomic E-state index is 0.506. The highest BCUT2D eigenvalue weighted by molar-refractivity contribution is 6.29. The van der Waals surface area contributed by atoms with E-state index in [-0.39, 0.29) is 0 Å². The molecule has 21 heavy (non-hydrogen) atoms. The molecule has 1 N–H and O–H groups in total. The smallest absolute Gasteiger partial charge is 0.135 e. The lowest BCUT2D eigenvalue weighted by atomic mass is 10.0. The van der Waals surface area contributed by atoms with Crippen LogP contribution in [0, 0.1) is 5.92 Å². The van der Waals surface area contributed by atoms with Crippen molar-refractivity contribution in [3.05, 3.63) is 17.0 Å². The van der Waals surface area contributed by atoms with Crippen molar-refractivity contribution in [1.29, 1.82) is 0 Å². The number of anilines is 1. The van der Waals surface area contributed by atoms with Crippen LogP contribution in [0.15, 0.2) is 6.07 Å². The van der Waals surface area contributed by atoms with E-state index in [2.05, 4.69) is 34.0 Å². The second-order valence-corrected chi connectivity index (χ2v) is 7.21. The summed E-state index contributed by atoms with van der Waals surface area (Å²) in [6.07, 6.45) is 4.75. The van der Waals surface area contributed by atoms with Gasteiger partial charge in [-0.1, -0.05) is 25.4 Å². The van der Waals surface area contributed by atoms with Crippen molar-refractivity contribution in [1.82, 2.24) is 14.9 Å². The maximum absolute atomic E-state index is 6.12. The monoisotopic (exact) mass is 308 g/mol. The highest BCUT2D eigenvalue weighted by atomic mass is 35.5. The van der Waals surface area contributed by atoms with Crippen LogP contribution >= 0.6 is 11.6 Å². The van der Waals surface area contributed by atoms with Crippen molar-refractivity contribution >= 4 is 17.4 Å². The van der Waals surface area contributed by atoms with Gasteiger partial charge in [-0.2, -0.15) is 0 Å². The summed E-state index contributed by atoms with van der Waals surface area (Å²) in [7, 11) is 0. The van der Waals surface area contributed by atoms with E-state index >= 15 is 0 Å². The van der Waals surface area contributed by atoms with Crippen LogP contribution in [0.3, 0.4) is 0 Å². The molecule has 1 aromatic heterocycles. The van der Waals surface area contributed by atoms with Gasteiger partial charge in [-0.3, -0.25) is 0 Å². The zero-order chi connectivity index (χ0) is 14.8. The third-order valence-electron chi connectivity index (χ3n) is 4.22. The van der Waals surface area contributed by atoms with Gasteiger partial charge in [-0.05, 0) is 31.6 Å². The molecule has 2 heterocycles. The second-order valence-electron chi connectivity index (χ2n) is 6.82. The van der Waals surface area contributed by atoms with E-state index in [4.69, 9.17) is 11.6 Å². The average molecular weight is 309 g/mol. The molecule has 2 aliphatic rings. The Bertz CT molecular complexity index is 479. The SMILES string of the molecule is CC(C)CN1CCC(Nc2cc(Cl)nc(C3CC3)n2)CC1. The molecule has 2 fully saturated rings. The van der Waals surface area contributed by atoms with Crippen LogP contribution in [0.2, 0.25) is 5.15 Å². The standard InChI is InChI=1S/C16H25ClN4/c1-11(2)10-21-7-5-13(6-8-21)18-15-9-14(17)19-16(20-15)12-3-4-12/h9,11-13H,3-8,10H2,1-2H3,(H,18,19,20). The van der Waals surface area contributed by atoms with E-state index in [9.17, 15) is 0 Å². The molecule has 1 aliphatic heterocycles. The Hall–Kier alpha value is -0.870. The Balaban J connectivity index is 1.55. The molecule has 1 aliphatic carbocycles. The van der Waals surface area contributed by atoms with Gasteiger partial charge in [0.2, 0.25) is 0 Å². The number of hydrogen-bond donors (Lipinski definition) is 1. The minimum Gasteiger partial charge on any atom is -0.367 e. The Morgan fingerprint density at radius 2 is 1.95 bits per heavy atom. The maximum Gasteiger partial charge on any atom is 0.135 e. The van der Waals surface area contributed by atoms with Gasteiger partial charge >= 0.3 is 0 Å². The van der Waals surface area contributed by atoms with Gasteiger partial charge in [-0.15, -0.1) is 0 Å². The van der Waals surface area contributed by atoms with Crippen LogP contribution in [-0.4, -0.2) is 40.5 Å². The minimum absolute atomic E-state index is 0.506. The molecule has 1 saturated heterocycles. The Kier molecular flexibility index (Phi) is 4.65. The van der Waals surface area contributed by atoms with Crippen LogP contribution in [0.4, 0.5) is 5.82 Å². The van der Waals surface area contributed by atoms with Gasteiger partial charge in [0.1, 0.15) is 16.8 Å². The van der Waals surface area contributed by atoms with E-state index in [0.717, 1.165) is 17.6 Å². The van der Waals surface area contributed by atoms with Gasteiger partial charge in [0, 0.05) is 37.7 Å². The molecule has 0 unspecified atom stereocenters. The van der Waals surface area contributed by atoms with Crippen molar-refractivity contribution in [3.63, 3.8) is 0 Å². The van der Waals surface area contributed by atoms with Crippen molar-refractivity contribution < 1.29 is 0 Å². The predicted molar refractivity (Wildman–Crippen MR) is 86.9 cm³/mol. The summed E-state index contributed by atoms with van der Waals surface area (Å²) >= 11 is 6.12. The molecular formula is C16H25ClN4. The number of aromatic nitrogens is 2. The summed E-state index contributed by atoms with van der Waals surface area (Å²) in [5, 5.41) is 4.12. The van der Waals surface area contributed by atoms with Crippen molar-refractivity contribution in [2.75, 3.05) is 25.0 Å². The summed E-state index contributed by atoms with van der Waals surface area (Å²) < 4.78 is 0. The van der Waals surface area contributed by atoms with Gasteiger partial charge in [0.05, 0.1) is 0 Å². The molecule has 0 spiro atoms. The molecule has 0 aromatic carbocycles. The molecule has 1 aromatic rings. The van der Waals surface area contributed by atoms with Crippen molar-refractivity contribution in [3.8, 4) is 0 Å². The second kappa shape index (κ2) is 6.49. The van der Waals surface area contributed by atoms with Crippen molar-refractivity contribution in [2.24, 2.45) is 5.92 Å². The summed E-state index contributed by atoms with van der Waals surface area (Å²) in [5.74, 6) is 3.11. The van der Waals surface area contributed by atoms with E-state index in [1.165, 1.54) is 45.3 Å². The van der Waals surface area contributed by atoms with E-state index in [1.807, 2.05) is 6.07 Å². The largest absolute Gasteiger partial charge is 0.367 e. The number of likely N-dealkylation sites (tertiary alicyclic amines) is 1. The number of nitrogens with zero attached hydrogens (tertiary/aromatic N) is 3. The summed E-state index contributed by atoms with van der Waals surface area (Å²) in [6, 6.07) is 2.36. The molecule has 5 heteroatoms. The molecule has 1 saturated carbocycles. The molecule has 0 radical (unpaired) electrons. The van der Waals surface area contributed by atoms with Gasteiger partial charge in [0.25, 0.3) is 0 Å². The van der Waals surface area contributed by atoms with E-state index in [0.29, 0.717) is 17.1 Å². The number of piperidine rings is 1. The first-order valence-corrected chi connectivity index (χ1v) is 8.51. The lowest BCUT2D eigenvalue weighted by Crippen LogP contribution is -2.40. The van der Waals surface area contributed by atoms with Gasteiger partial charge < -0.3 is 10.2 Å². The Labute approximate surface area is 132 Å². The number of hydrogen-bond acceptors (Lipinski definition) is 4.